The summed E-state index contributed by atoms with van der Waals surface area (Å²) >= 11 is 0. The summed E-state index contributed by atoms with van der Waals surface area (Å²) in [6, 6.07) is 2.91. The van der Waals surface area contributed by atoms with Gasteiger partial charge in [0, 0.05) is 24.2 Å². The molecule has 1 aliphatic heterocycles. The van der Waals surface area contributed by atoms with E-state index in [1.165, 1.54) is 25.7 Å². The lowest BCUT2D eigenvalue weighted by Gasteiger charge is -2.38. The molecule has 0 aromatic rings. The predicted octanol–water partition coefficient (Wildman–Crippen LogP) is 3.03. The molecule has 4 unspecified atom stereocenters. The molecule has 0 aromatic heterocycles. The first-order valence-electron chi connectivity index (χ1n) is 7.16. The van der Waals surface area contributed by atoms with E-state index < -0.39 is 0 Å². The van der Waals surface area contributed by atoms with E-state index >= 15 is 0 Å². The molecule has 0 spiro atoms. The largest absolute Gasteiger partial charge is 0.313 e. The van der Waals surface area contributed by atoms with E-state index in [0.29, 0.717) is 12.1 Å². The Morgan fingerprint density at radius 3 is 2.44 bits per heavy atom. The molecule has 1 N–H and O–H groups in total. The molecule has 1 aliphatic rings. The first-order chi connectivity index (χ1) is 7.65. The second-order valence-electron chi connectivity index (χ2n) is 5.25. The maximum absolute atomic E-state index is 3.63. The number of likely N-dealkylation sites (tertiary alicyclic amines) is 1. The van der Waals surface area contributed by atoms with Crippen LogP contribution < -0.4 is 5.32 Å². The van der Waals surface area contributed by atoms with Crippen molar-refractivity contribution in [3.8, 4) is 0 Å². The van der Waals surface area contributed by atoms with Crippen LogP contribution in [0.3, 0.4) is 0 Å². The van der Waals surface area contributed by atoms with Crippen molar-refractivity contribution in [2.75, 3.05) is 6.54 Å². The van der Waals surface area contributed by atoms with Crippen LogP contribution in [0.1, 0.15) is 60.3 Å². The summed E-state index contributed by atoms with van der Waals surface area (Å²) in [6.07, 6.45) is 5.31. The maximum Gasteiger partial charge on any atom is 0.0226 e. The molecule has 1 fully saturated rings. The van der Waals surface area contributed by atoms with E-state index in [4.69, 9.17) is 0 Å². The number of nitrogens with one attached hydrogen (secondary N) is 1. The number of rotatable bonds is 6. The van der Waals surface area contributed by atoms with Crippen molar-refractivity contribution in [3.63, 3.8) is 0 Å². The molecule has 4 atom stereocenters. The molecule has 2 heteroatoms. The van der Waals surface area contributed by atoms with Gasteiger partial charge in [-0.2, -0.15) is 0 Å². The molecule has 1 heterocycles. The highest BCUT2D eigenvalue weighted by molar-refractivity contribution is 4.92. The van der Waals surface area contributed by atoms with Crippen LogP contribution in [0.2, 0.25) is 0 Å². The minimum Gasteiger partial charge on any atom is -0.313 e. The van der Waals surface area contributed by atoms with Crippen molar-refractivity contribution in [3.05, 3.63) is 0 Å². The molecule has 96 valence electrons. The van der Waals surface area contributed by atoms with Crippen LogP contribution in [0.5, 0.6) is 0 Å². The van der Waals surface area contributed by atoms with Crippen molar-refractivity contribution in [1.29, 1.82) is 0 Å². The van der Waals surface area contributed by atoms with Gasteiger partial charge in [-0.3, -0.25) is 4.90 Å². The van der Waals surface area contributed by atoms with Crippen molar-refractivity contribution < 1.29 is 0 Å². The molecule has 16 heavy (non-hydrogen) atoms. The first-order valence-corrected chi connectivity index (χ1v) is 7.16. The summed E-state index contributed by atoms with van der Waals surface area (Å²) in [5, 5.41) is 3.63. The first kappa shape index (κ1) is 14.0. The SMILES string of the molecule is CCNC(CC)C(C)N1C(C)CCC1CC. The van der Waals surface area contributed by atoms with Crippen molar-refractivity contribution in [1.82, 2.24) is 10.2 Å². The van der Waals surface area contributed by atoms with Crippen molar-refractivity contribution >= 4 is 0 Å². The Balaban J connectivity index is 2.65. The Bertz CT molecular complexity index is 193. The highest BCUT2D eigenvalue weighted by Crippen LogP contribution is 2.29. The van der Waals surface area contributed by atoms with Gasteiger partial charge in [-0.15, -0.1) is 0 Å². The number of nitrogens with zero attached hydrogens (tertiary/aromatic N) is 1. The molecule has 0 radical (unpaired) electrons. The standard InChI is InChI=1S/C14H30N2/c1-6-13-10-9-11(4)16(13)12(5)14(7-2)15-8-3/h11-15H,6-10H2,1-5H3. The van der Waals surface area contributed by atoms with Crippen LogP contribution in [0.15, 0.2) is 0 Å². The van der Waals surface area contributed by atoms with E-state index in [1.54, 1.807) is 0 Å². The Labute approximate surface area is 102 Å². The highest BCUT2D eigenvalue weighted by atomic mass is 15.2. The van der Waals surface area contributed by atoms with Crippen LogP contribution in [0.25, 0.3) is 0 Å². The normalized spacial score (nSPS) is 30.6. The minimum atomic E-state index is 0.652. The van der Waals surface area contributed by atoms with Crippen LogP contribution in [0, 0.1) is 0 Å². The Hall–Kier alpha value is -0.0800. The van der Waals surface area contributed by atoms with E-state index in [1.807, 2.05) is 0 Å². The molecule has 0 saturated carbocycles. The average molecular weight is 226 g/mol. The summed E-state index contributed by atoms with van der Waals surface area (Å²) < 4.78 is 0. The van der Waals surface area contributed by atoms with Crippen LogP contribution in [0.4, 0.5) is 0 Å². The fourth-order valence-corrected chi connectivity index (χ4v) is 3.37. The van der Waals surface area contributed by atoms with Gasteiger partial charge in [0.2, 0.25) is 0 Å². The smallest absolute Gasteiger partial charge is 0.0226 e. The molecule has 1 saturated heterocycles. The third-order valence-electron chi connectivity index (χ3n) is 4.28. The fourth-order valence-electron chi connectivity index (χ4n) is 3.37. The molecular weight excluding hydrogens is 196 g/mol. The summed E-state index contributed by atoms with van der Waals surface area (Å²) in [4.78, 5) is 2.76. The molecule has 0 aliphatic carbocycles. The predicted molar refractivity (Wildman–Crippen MR) is 71.8 cm³/mol. The molecule has 2 nitrogen and oxygen atoms in total. The van der Waals surface area contributed by atoms with Crippen LogP contribution in [-0.2, 0) is 0 Å². The number of hydrogen-bond donors (Lipinski definition) is 1. The molecule has 0 amide bonds. The third kappa shape index (κ3) is 2.98. The van der Waals surface area contributed by atoms with Gasteiger partial charge in [-0.1, -0.05) is 20.8 Å². The van der Waals surface area contributed by atoms with Gasteiger partial charge in [-0.25, -0.2) is 0 Å². The lowest BCUT2D eigenvalue weighted by molar-refractivity contribution is 0.113. The summed E-state index contributed by atoms with van der Waals surface area (Å²) in [5.74, 6) is 0. The second kappa shape index (κ2) is 6.61. The van der Waals surface area contributed by atoms with Gasteiger partial charge < -0.3 is 5.32 Å². The summed E-state index contributed by atoms with van der Waals surface area (Å²) in [5.41, 5.74) is 0. The van der Waals surface area contributed by atoms with E-state index in [9.17, 15) is 0 Å². The maximum atomic E-state index is 3.63. The van der Waals surface area contributed by atoms with Gasteiger partial charge >= 0.3 is 0 Å². The zero-order valence-electron chi connectivity index (χ0n) is 11.8. The Morgan fingerprint density at radius 1 is 1.25 bits per heavy atom. The van der Waals surface area contributed by atoms with Crippen molar-refractivity contribution in [2.45, 2.75) is 84.5 Å². The van der Waals surface area contributed by atoms with Crippen LogP contribution >= 0.6 is 0 Å². The molecule has 1 rings (SSSR count). The summed E-state index contributed by atoms with van der Waals surface area (Å²) in [7, 11) is 0. The zero-order chi connectivity index (χ0) is 12.1. The molecular formula is C14H30N2. The zero-order valence-corrected chi connectivity index (χ0v) is 11.8. The Morgan fingerprint density at radius 2 is 1.94 bits per heavy atom. The molecule has 0 bridgehead atoms. The average Bonchev–Trinajstić information content (AvgIpc) is 2.66. The monoisotopic (exact) mass is 226 g/mol. The van der Waals surface area contributed by atoms with Gasteiger partial charge in [0.05, 0.1) is 0 Å². The second-order valence-corrected chi connectivity index (χ2v) is 5.25. The van der Waals surface area contributed by atoms with E-state index in [2.05, 4.69) is 44.8 Å². The topological polar surface area (TPSA) is 15.3 Å². The summed E-state index contributed by atoms with van der Waals surface area (Å²) in [6.45, 7) is 12.7. The van der Waals surface area contributed by atoms with Gasteiger partial charge in [0.25, 0.3) is 0 Å². The highest BCUT2D eigenvalue weighted by Gasteiger charge is 2.35. The van der Waals surface area contributed by atoms with Gasteiger partial charge in [-0.05, 0) is 46.1 Å². The van der Waals surface area contributed by atoms with Gasteiger partial charge in [0.1, 0.15) is 0 Å². The quantitative estimate of drug-likeness (QED) is 0.749. The number of hydrogen-bond acceptors (Lipinski definition) is 2. The van der Waals surface area contributed by atoms with Crippen molar-refractivity contribution in [2.24, 2.45) is 0 Å². The van der Waals surface area contributed by atoms with E-state index in [-0.39, 0.29) is 0 Å². The minimum absolute atomic E-state index is 0.652. The lowest BCUT2D eigenvalue weighted by atomic mass is 10.0. The lowest BCUT2D eigenvalue weighted by Crippen LogP contribution is -2.52. The van der Waals surface area contributed by atoms with Crippen LogP contribution in [-0.4, -0.2) is 35.6 Å². The third-order valence-corrected chi connectivity index (χ3v) is 4.28. The van der Waals surface area contributed by atoms with E-state index in [0.717, 1.165) is 18.6 Å². The Kier molecular flexibility index (Phi) is 5.77. The van der Waals surface area contributed by atoms with Gasteiger partial charge in [0.15, 0.2) is 0 Å². The number of likely N-dealkylation sites (N-methyl/N-ethyl adjacent to an activating group) is 1. The molecule has 0 aromatic carbocycles. The fraction of sp³-hybridized carbons (Fsp3) is 1.00.